The van der Waals surface area contributed by atoms with Crippen LogP contribution in [0.2, 0.25) is 0 Å². The van der Waals surface area contributed by atoms with Gasteiger partial charge < -0.3 is 5.32 Å². The van der Waals surface area contributed by atoms with Gasteiger partial charge in [-0.2, -0.15) is 4.99 Å². The summed E-state index contributed by atoms with van der Waals surface area (Å²) in [7, 11) is 0. The zero-order valence-corrected chi connectivity index (χ0v) is 10.7. The molecule has 0 aromatic heterocycles. The first kappa shape index (κ1) is 12.5. The lowest BCUT2D eigenvalue weighted by Gasteiger charge is -2.46. The number of aliphatic imine (C=N–C) groups is 1. The number of hydrogen-bond acceptors (Lipinski definition) is 3. The Labute approximate surface area is 105 Å². The summed E-state index contributed by atoms with van der Waals surface area (Å²) in [6.07, 6.45) is 0.417. The predicted octanol–water partition coefficient (Wildman–Crippen LogP) is 0.561. The first-order valence-corrected chi connectivity index (χ1v) is 6.06. The van der Waals surface area contributed by atoms with Crippen molar-refractivity contribution in [3.8, 4) is 0 Å². The van der Waals surface area contributed by atoms with Crippen LogP contribution in [0.15, 0.2) is 4.99 Å². The molecular weight excluding hydrogens is 236 g/mol. The summed E-state index contributed by atoms with van der Waals surface area (Å²) in [4.78, 5) is 42.2. The molecule has 0 aromatic carbocycles. The highest BCUT2D eigenvalue weighted by Gasteiger charge is 2.56. The van der Waals surface area contributed by atoms with Crippen LogP contribution >= 0.6 is 0 Å². The first-order valence-electron chi connectivity index (χ1n) is 6.06. The van der Waals surface area contributed by atoms with E-state index in [2.05, 4.69) is 10.3 Å². The maximum absolute atomic E-state index is 12.2. The Bertz CT molecular complexity index is 459. The summed E-state index contributed by atoms with van der Waals surface area (Å²) in [5.41, 5.74) is -0.940. The second kappa shape index (κ2) is 4.08. The van der Waals surface area contributed by atoms with Gasteiger partial charge in [-0.15, -0.1) is 0 Å². The molecule has 1 unspecified atom stereocenters. The molecule has 5 amide bonds. The molecule has 1 fully saturated rings. The Hall–Kier alpha value is -1.92. The molecular formula is C11H16N4O3. The van der Waals surface area contributed by atoms with Gasteiger partial charge in [0.1, 0.15) is 0 Å². The number of nitrogens with one attached hydrogen (secondary N) is 1. The Morgan fingerprint density at radius 1 is 1.17 bits per heavy atom. The van der Waals surface area contributed by atoms with Crippen molar-refractivity contribution in [2.75, 3.05) is 13.1 Å². The third-order valence-electron chi connectivity index (χ3n) is 3.43. The van der Waals surface area contributed by atoms with E-state index < -0.39 is 17.6 Å². The topological polar surface area (TPSA) is 82.1 Å². The Kier molecular flexibility index (Phi) is 2.84. The maximum Gasteiger partial charge on any atom is 0.343 e. The van der Waals surface area contributed by atoms with E-state index in [4.69, 9.17) is 0 Å². The lowest BCUT2D eigenvalue weighted by atomic mass is 9.95. The van der Waals surface area contributed by atoms with Crippen molar-refractivity contribution in [1.29, 1.82) is 0 Å². The van der Waals surface area contributed by atoms with Crippen LogP contribution in [-0.4, -0.2) is 52.2 Å². The molecule has 2 heterocycles. The van der Waals surface area contributed by atoms with Gasteiger partial charge in [0, 0.05) is 13.1 Å². The minimum Gasteiger partial charge on any atom is -0.308 e. The highest BCUT2D eigenvalue weighted by Crippen LogP contribution is 2.30. The summed E-state index contributed by atoms with van der Waals surface area (Å²) < 4.78 is 0. The van der Waals surface area contributed by atoms with Crippen LogP contribution in [0.4, 0.5) is 9.59 Å². The van der Waals surface area contributed by atoms with E-state index in [1.807, 2.05) is 6.92 Å². The van der Waals surface area contributed by atoms with E-state index in [1.165, 1.54) is 4.90 Å². The molecule has 7 nitrogen and oxygen atoms in total. The molecule has 1 atom stereocenters. The molecule has 2 aliphatic heterocycles. The van der Waals surface area contributed by atoms with Crippen molar-refractivity contribution < 1.29 is 14.4 Å². The van der Waals surface area contributed by atoms with Crippen molar-refractivity contribution >= 4 is 23.7 Å². The van der Waals surface area contributed by atoms with E-state index in [9.17, 15) is 14.4 Å². The highest BCUT2D eigenvalue weighted by atomic mass is 16.2. The predicted molar refractivity (Wildman–Crippen MR) is 64.2 cm³/mol. The molecule has 2 aliphatic rings. The second-order valence-electron chi connectivity index (χ2n) is 4.18. The largest absolute Gasteiger partial charge is 0.343 e. The van der Waals surface area contributed by atoms with E-state index >= 15 is 0 Å². The van der Waals surface area contributed by atoms with E-state index in [0.717, 1.165) is 4.90 Å². The Morgan fingerprint density at radius 3 is 2.33 bits per heavy atom. The van der Waals surface area contributed by atoms with Crippen molar-refractivity contribution in [2.45, 2.75) is 32.9 Å². The molecule has 1 N–H and O–H groups in total. The molecule has 0 bridgehead atoms. The van der Waals surface area contributed by atoms with Crippen molar-refractivity contribution in [3.05, 3.63) is 0 Å². The van der Waals surface area contributed by atoms with Gasteiger partial charge >= 0.3 is 12.1 Å². The summed E-state index contributed by atoms with van der Waals surface area (Å²) in [6.45, 7) is 6.00. The molecule has 0 radical (unpaired) electrons. The molecule has 0 spiro atoms. The number of carbonyl (C=O) groups excluding carboxylic acids is 3. The van der Waals surface area contributed by atoms with Gasteiger partial charge in [-0.1, -0.05) is 6.92 Å². The molecule has 2 rings (SSSR count). The minimum atomic E-state index is -1.06. The van der Waals surface area contributed by atoms with E-state index in [0.29, 0.717) is 13.0 Å². The second-order valence-corrected chi connectivity index (χ2v) is 4.18. The molecule has 0 saturated carbocycles. The van der Waals surface area contributed by atoms with Crippen molar-refractivity contribution in [1.82, 2.24) is 15.1 Å². The molecule has 1 saturated heterocycles. The van der Waals surface area contributed by atoms with Crippen LogP contribution in [0, 0.1) is 0 Å². The van der Waals surface area contributed by atoms with Crippen LogP contribution in [0.3, 0.4) is 0 Å². The SMILES string of the molecule is CCN1C(=O)C2=NC(=O)NC2(CC)N(CC)C1=O. The van der Waals surface area contributed by atoms with E-state index in [1.54, 1.807) is 13.8 Å². The molecule has 0 aromatic rings. The quantitative estimate of drug-likeness (QED) is 0.796. The summed E-state index contributed by atoms with van der Waals surface area (Å²) in [6, 6.07) is -0.947. The van der Waals surface area contributed by atoms with Gasteiger partial charge in [0.25, 0.3) is 5.91 Å². The average molecular weight is 252 g/mol. The van der Waals surface area contributed by atoms with E-state index in [-0.39, 0.29) is 18.3 Å². The van der Waals surface area contributed by atoms with Crippen molar-refractivity contribution in [3.63, 3.8) is 0 Å². The summed E-state index contributed by atoms with van der Waals surface area (Å²) in [5, 5.41) is 2.64. The standard InChI is InChI=1S/C11H16N4O3/c1-4-11-7(12-9(17)13-11)8(16)14(5-2)10(18)15(11)6-3/h4-6H2,1-3H3,(H,13,17). The zero-order chi connectivity index (χ0) is 13.5. The fourth-order valence-electron chi connectivity index (χ4n) is 2.53. The third kappa shape index (κ3) is 1.36. The van der Waals surface area contributed by atoms with Gasteiger partial charge in [-0.3, -0.25) is 14.6 Å². The number of urea groups is 2. The number of imide groups is 1. The number of nitrogens with zero attached hydrogens (tertiary/aromatic N) is 3. The van der Waals surface area contributed by atoms with Gasteiger partial charge in [-0.25, -0.2) is 9.59 Å². The lowest BCUT2D eigenvalue weighted by Crippen LogP contribution is -2.72. The van der Waals surface area contributed by atoms with Gasteiger partial charge in [-0.05, 0) is 20.3 Å². The Balaban J connectivity index is 2.56. The van der Waals surface area contributed by atoms with Crippen molar-refractivity contribution in [2.24, 2.45) is 4.99 Å². The molecule has 7 heteroatoms. The van der Waals surface area contributed by atoms with Crippen LogP contribution in [0.25, 0.3) is 0 Å². The van der Waals surface area contributed by atoms with Gasteiger partial charge in [0.2, 0.25) is 0 Å². The number of rotatable bonds is 3. The maximum atomic E-state index is 12.2. The Morgan fingerprint density at radius 2 is 1.83 bits per heavy atom. The molecule has 98 valence electrons. The average Bonchev–Trinajstić information content (AvgIpc) is 2.68. The fraction of sp³-hybridized carbons (Fsp3) is 0.636. The minimum absolute atomic E-state index is 0.123. The first-order chi connectivity index (χ1) is 8.51. The van der Waals surface area contributed by atoms with Crippen LogP contribution in [-0.2, 0) is 4.79 Å². The van der Waals surface area contributed by atoms with Gasteiger partial charge in [0.15, 0.2) is 11.4 Å². The fourth-order valence-corrected chi connectivity index (χ4v) is 2.53. The monoisotopic (exact) mass is 252 g/mol. The number of carbonyl (C=O) groups is 3. The number of amides is 5. The van der Waals surface area contributed by atoms with Gasteiger partial charge in [0.05, 0.1) is 0 Å². The summed E-state index contributed by atoms with van der Waals surface area (Å²) >= 11 is 0. The summed E-state index contributed by atoms with van der Waals surface area (Å²) in [5.74, 6) is -0.479. The number of fused-ring (bicyclic) bond motifs is 1. The highest BCUT2D eigenvalue weighted by molar-refractivity contribution is 6.48. The van der Waals surface area contributed by atoms with Crippen LogP contribution in [0.1, 0.15) is 27.2 Å². The zero-order valence-electron chi connectivity index (χ0n) is 10.7. The third-order valence-corrected chi connectivity index (χ3v) is 3.43. The van der Waals surface area contributed by atoms with Crippen LogP contribution in [0.5, 0.6) is 0 Å². The van der Waals surface area contributed by atoms with Crippen LogP contribution < -0.4 is 5.32 Å². The number of hydrogen-bond donors (Lipinski definition) is 1. The molecule has 18 heavy (non-hydrogen) atoms. The smallest absolute Gasteiger partial charge is 0.308 e. The molecule has 0 aliphatic carbocycles. The normalized spacial score (nSPS) is 27.3. The lowest BCUT2D eigenvalue weighted by molar-refractivity contribution is -0.124.